The number of benzene rings is 1. The number of carbonyl (C=O) groups excluding carboxylic acids is 4. The number of fused-ring (bicyclic) bond motifs is 5. The Balaban J connectivity index is 1.16. The van der Waals surface area contributed by atoms with E-state index in [0.29, 0.717) is 59.3 Å². The van der Waals surface area contributed by atoms with Crippen LogP contribution in [-0.2, 0) is 35.6 Å². The van der Waals surface area contributed by atoms with Crippen LogP contribution in [0.25, 0.3) is 10.9 Å². The molecule has 0 unspecified atom stereocenters. The van der Waals surface area contributed by atoms with Gasteiger partial charge in [0.15, 0.2) is 0 Å². The smallest absolute Gasteiger partial charge is 0.408 e. The Morgan fingerprint density at radius 1 is 1.05 bits per heavy atom. The molecule has 2 bridgehead atoms. The zero-order valence-corrected chi connectivity index (χ0v) is 34.3. The highest BCUT2D eigenvalue weighted by atomic mass is 35.5. The number of hydrogen-bond donors (Lipinski definition) is 3. The van der Waals surface area contributed by atoms with Crippen LogP contribution in [0.15, 0.2) is 43.0 Å². The molecule has 3 N–H and O–H groups in total. The lowest BCUT2D eigenvalue weighted by atomic mass is 9.96. The van der Waals surface area contributed by atoms with Crippen molar-refractivity contribution in [2.75, 3.05) is 13.7 Å². The van der Waals surface area contributed by atoms with E-state index in [1.54, 1.807) is 19.2 Å². The summed E-state index contributed by atoms with van der Waals surface area (Å²) >= 11 is 6.70. The quantitative estimate of drug-likeness (QED) is 0.297. The summed E-state index contributed by atoms with van der Waals surface area (Å²) in [6, 6.07) is 3.26. The molecule has 1 aromatic carbocycles. The standard InChI is InChI=1S/C42H52ClN5O9S/c1-3-26-22-42(26,40(51)47-58(53,54)28-19-20-28)46-37(49)32-21-27-23-48(32)39(50)35(25-12-7-8-13-25)45-41(52)57-33-18-9-14-24(33)11-5-4-6-15-29-36(55-2)34-30(43)16-10-17-31(34)44-38(29)56-27/h3-4,6,10,16-17,24-28,32-33,35H,1,5,7-9,11-15,18-23H2,2H3,(H,45,52)(H,46,49)(H,47,51)/t24-,26-,27-,32+,33-,35+,42-/m1/s1. The van der Waals surface area contributed by atoms with Crippen molar-refractivity contribution in [2.45, 2.75) is 125 Å². The van der Waals surface area contributed by atoms with Crippen LogP contribution >= 0.6 is 11.6 Å². The fourth-order valence-corrected chi connectivity index (χ4v) is 11.2. The van der Waals surface area contributed by atoms with E-state index >= 15 is 0 Å². The Bertz CT molecular complexity index is 2120. The summed E-state index contributed by atoms with van der Waals surface area (Å²) in [6.45, 7) is 3.78. The number of nitrogens with one attached hydrogen (secondary N) is 3. The van der Waals surface area contributed by atoms with Gasteiger partial charge in [0, 0.05) is 12.3 Å². The second kappa shape index (κ2) is 16.4. The molecule has 4 amide bonds. The first-order valence-electron chi connectivity index (χ1n) is 20.7. The molecular weight excluding hydrogens is 786 g/mol. The van der Waals surface area contributed by atoms with Gasteiger partial charge < -0.3 is 29.7 Å². The number of hydrogen-bond acceptors (Lipinski definition) is 10. The third-order valence-electron chi connectivity index (χ3n) is 13.0. The maximum atomic E-state index is 14.9. The SMILES string of the molecule is C=C[C@@H]1C[C@]1(NC(=O)[C@@H]1C[C@@H]2CN1C(=O)[C@H](C1CCCC1)NC(=O)O[C@@H]1CCC[C@H]1CCC=CCc1c(nc3cccc(Cl)c3c1OC)O2)C(=O)NS(=O)(=O)C1CC1. The number of alkyl carbamates (subject to hydrolysis) is 1. The highest BCUT2D eigenvalue weighted by molar-refractivity contribution is 7.91. The molecule has 14 nitrogen and oxygen atoms in total. The number of pyridine rings is 1. The number of carbonyl (C=O) groups is 4. The van der Waals surface area contributed by atoms with Crippen molar-refractivity contribution in [3.8, 4) is 11.6 Å². The number of sulfonamides is 1. The van der Waals surface area contributed by atoms with Gasteiger partial charge in [-0.15, -0.1) is 6.58 Å². The normalized spacial score (nSPS) is 30.6. The van der Waals surface area contributed by atoms with Crippen LogP contribution in [0.5, 0.6) is 11.6 Å². The molecule has 2 aliphatic heterocycles. The lowest BCUT2D eigenvalue weighted by molar-refractivity contribution is -0.142. The van der Waals surface area contributed by atoms with Crippen molar-refractivity contribution in [1.82, 2.24) is 25.2 Å². The molecule has 8 rings (SSSR count). The molecule has 4 aliphatic carbocycles. The molecule has 312 valence electrons. The number of amides is 4. The molecule has 1 aromatic heterocycles. The number of ether oxygens (including phenoxy) is 3. The van der Waals surface area contributed by atoms with Gasteiger partial charge in [0.05, 0.1) is 40.4 Å². The monoisotopic (exact) mass is 837 g/mol. The van der Waals surface area contributed by atoms with Gasteiger partial charge in [-0.2, -0.15) is 0 Å². The zero-order valence-electron chi connectivity index (χ0n) is 32.8. The summed E-state index contributed by atoms with van der Waals surface area (Å²) in [5.74, 6) is -1.68. The van der Waals surface area contributed by atoms with E-state index < -0.39 is 68.7 Å². The lowest BCUT2D eigenvalue weighted by Gasteiger charge is -2.32. The van der Waals surface area contributed by atoms with Crippen LogP contribution in [0.2, 0.25) is 5.02 Å². The highest BCUT2D eigenvalue weighted by Crippen LogP contribution is 2.46. The minimum absolute atomic E-state index is 0.0207. The number of methoxy groups -OCH3 is 1. The lowest BCUT2D eigenvalue weighted by Crippen LogP contribution is -2.59. The van der Waals surface area contributed by atoms with Gasteiger partial charge in [0.25, 0.3) is 5.91 Å². The van der Waals surface area contributed by atoms with Crippen molar-refractivity contribution in [2.24, 2.45) is 17.8 Å². The van der Waals surface area contributed by atoms with Crippen molar-refractivity contribution in [3.05, 3.63) is 53.6 Å². The van der Waals surface area contributed by atoms with Gasteiger partial charge in [-0.3, -0.25) is 19.1 Å². The highest BCUT2D eigenvalue weighted by Gasteiger charge is 2.62. The second-order valence-electron chi connectivity index (χ2n) is 16.8. The predicted molar refractivity (Wildman–Crippen MR) is 216 cm³/mol. The largest absolute Gasteiger partial charge is 0.495 e. The van der Waals surface area contributed by atoms with Crippen molar-refractivity contribution in [1.29, 1.82) is 0 Å². The third-order valence-corrected chi connectivity index (χ3v) is 15.1. The van der Waals surface area contributed by atoms with Gasteiger partial charge in [-0.25, -0.2) is 18.2 Å². The molecule has 0 spiro atoms. The molecule has 16 heteroatoms. The van der Waals surface area contributed by atoms with E-state index in [2.05, 4.69) is 28.0 Å². The Labute approximate surface area is 343 Å². The van der Waals surface area contributed by atoms with Gasteiger partial charge >= 0.3 is 6.09 Å². The Kier molecular flexibility index (Phi) is 11.4. The first-order valence-corrected chi connectivity index (χ1v) is 22.6. The van der Waals surface area contributed by atoms with E-state index in [4.69, 9.17) is 30.8 Å². The number of allylic oxidation sites excluding steroid dienone is 2. The van der Waals surface area contributed by atoms with Crippen molar-refractivity contribution >= 4 is 56.3 Å². The van der Waals surface area contributed by atoms with E-state index in [0.717, 1.165) is 44.9 Å². The number of halogens is 1. The van der Waals surface area contributed by atoms with Crippen molar-refractivity contribution in [3.63, 3.8) is 0 Å². The second-order valence-corrected chi connectivity index (χ2v) is 19.1. The summed E-state index contributed by atoms with van der Waals surface area (Å²) in [7, 11) is -2.34. The van der Waals surface area contributed by atoms with Crippen LogP contribution < -0.4 is 24.8 Å². The summed E-state index contributed by atoms with van der Waals surface area (Å²) in [4.78, 5) is 63.1. The summed E-state index contributed by atoms with van der Waals surface area (Å²) < 4.78 is 46.5. The molecule has 3 heterocycles. The van der Waals surface area contributed by atoms with E-state index in [-0.39, 0.29) is 43.2 Å². The van der Waals surface area contributed by atoms with Crippen LogP contribution in [-0.4, -0.2) is 90.9 Å². The first kappa shape index (κ1) is 40.4. The maximum Gasteiger partial charge on any atom is 0.408 e. The molecule has 4 saturated carbocycles. The first-order chi connectivity index (χ1) is 27.9. The average molecular weight is 838 g/mol. The van der Waals surface area contributed by atoms with Gasteiger partial charge in [-0.05, 0) is 94.6 Å². The summed E-state index contributed by atoms with van der Waals surface area (Å²) in [6.07, 6.45) is 12.9. The maximum absolute atomic E-state index is 14.9. The van der Waals surface area contributed by atoms with Crippen LogP contribution in [0, 0.1) is 17.8 Å². The summed E-state index contributed by atoms with van der Waals surface area (Å²) in [5.41, 5.74) is -0.356. The molecule has 2 aromatic rings. The van der Waals surface area contributed by atoms with Crippen LogP contribution in [0.1, 0.15) is 89.0 Å². The van der Waals surface area contributed by atoms with E-state index in [1.165, 1.54) is 11.0 Å². The van der Waals surface area contributed by atoms with Gasteiger partial charge in [0.1, 0.15) is 35.6 Å². The van der Waals surface area contributed by atoms with Crippen LogP contribution in [0.3, 0.4) is 0 Å². The molecule has 5 fully saturated rings. The summed E-state index contributed by atoms with van der Waals surface area (Å²) in [5, 5.41) is 6.25. The topological polar surface area (TPSA) is 182 Å². The fourth-order valence-electron chi connectivity index (χ4n) is 9.58. The fraction of sp³-hybridized carbons (Fsp3) is 0.595. The van der Waals surface area contributed by atoms with Gasteiger partial charge in [0.2, 0.25) is 27.7 Å². The van der Waals surface area contributed by atoms with Crippen molar-refractivity contribution < 1.29 is 41.8 Å². The molecule has 7 atom stereocenters. The number of aromatic nitrogens is 1. The third kappa shape index (κ3) is 8.00. The minimum Gasteiger partial charge on any atom is -0.495 e. The Hall–Kier alpha value is -4.37. The minimum atomic E-state index is -3.91. The van der Waals surface area contributed by atoms with E-state index in [1.807, 2.05) is 12.1 Å². The Morgan fingerprint density at radius 2 is 1.83 bits per heavy atom. The molecule has 58 heavy (non-hydrogen) atoms. The molecular formula is C42H52ClN5O9S. The van der Waals surface area contributed by atoms with E-state index in [9.17, 15) is 27.6 Å². The van der Waals surface area contributed by atoms with Crippen LogP contribution in [0.4, 0.5) is 4.79 Å². The zero-order chi connectivity index (χ0) is 40.8. The van der Waals surface area contributed by atoms with Gasteiger partial charge in [-0.1, -0.05) is 48.7 Å². The molecule has 1 saturated heterocycles. The number of nitrogens with zero attached hydrogens (tertiary/aromatic N) is 2. The predicted octanol–water partition coefficient (Wildman–Crippen LogP) is 5.26. The molecule has 0 radical (unpaired) electrons. The Morgan fingerprint density at radius 3 is 2.55 bits per heavy atom. The number of rotatable bonds is 8. The average Bonchev–Trinajstić information content (AvgIpc) is 3.99. The molecule has 6 aliphatic rings.